The second kappa shape index (κ2) is 8.73. The van der Waals surface area contributed by atoms with Gasteiger partial charge in [0.25, 0.3) is 5.56 Å². The van der Waals surface area contributed by atoms with Gasteiger partial charge >= 0.3 is 0 Å². The number of hydrogen-bond acceptors (Lipinski definition) is 6. The van der Waals surface area contributed by atoms with E-state index in [2.05, 4.69) is 24.5 Å². The first-order valence-corrected chi connectivity index (χ1v) is 12.1. The molecule has 2 N–H and O–H groups in total. The molecular formula is C22H24ClN5O3S. The lowest BCUT2D eigenvalue weighted by atomic mass is 10.2. The summed E-state index contributed by atoms with van der Waals surface area (Å²) in [4.78, 5) is 21.6. The minimum atomic E-state index is -0.862. The van der Waals surface area contributed by atoms with E-state index < -0.39 is 11.0 Å². The molecule has 1 aromatic carbocycles. The predicted molar refractivity (Wildman–Crippen MR) is 129 cm³/mol. The number of aromatic nitrogens is 2. The zero-order valence-electron chi connectivity index (χ0n) is 17.6. The molecule has 1 aliphatic carbocycles. The molecule has 3 aromatic rings. The highest BCUT2D eigenvalue weighted by Crippen LogP contribution is 2.39. The Bertz CT molecular complexity index is 1240. The summed E-state index contributed by atoms with van der Waals surface area (Å²) < 4.78 is 20.4. The number of H-pyrrole nitrogens is 1. The number of nitrogens with zero attached hydrogens (tertiary/aromatic N) is 3. The fourth-order valence-electron chi connectivity index (χ4n) is 4.08. The lowest BCUT2D eigenvalue weighted by Gasteiger charge is -2.36. The van der Waals surface area contributed by atoms with E-state index in [9.17, 15) is 9.00 Å². The number of para-hydroxylation sites is 1. The van der Waals surface area contributed by atoms with Crippen LogP contribution in [0, 0.1) is 0 Å². The molecule has 168 valence electrons. The maximum absolute atomic E-state index is 12.5. The van der Waals surface area contributed by atoms with E-state index in [1.807, 2.05) is 18.2 Å². The Morgan fingerprint density at radius 3 is 2.69 bits per heavy atom. The molecule has 3 heterocycles. The fourth-order valence-corrected chi connectivity index (χ4v) is 5.76. The van der Waals surface area contributed by atoms with E-state index in [0.717, 1.165) is 50.4 Å². The second-order valence-corrected chi connectivity index (χ2v) is 10.1. The number of halogens is 1. The summed E-state index contributed by atoms with van der Waals surface area (Å²) in [6.07, 6.45) is 3.70. The first-order valence-electron chi connectivity index (χ1n) is 10.6. The standard InChI is InChI=1S/C22H24ClN5O3S/c1-31-21-16(25-17-13-19(23)26-15-7-8-24-22(29)20(15)17)3-2-4-18(21)27-9-11-28(12-10-27)32(30)14-5-6-14/h2-4,7-8,13-14H,5-6,9-12H2,1H3,(H,24,29)(H,25,26). The third kappa shape index (κ3) is 4.07. The van der Waals surface area contributed by atoms with E-state index in [4.69, 9.17) is 16.3 Å². The van der Waals surface area contributed by atoms with Gasteiger partial charge < -0.3 is 19.9 Å². The SMILES string of the molecule is COc1c(Nc2cc(Cl)nc3cc[nH]c(=O)c23)cccc1N1CCN(S(=O)C2CC2)CC1. The van der Waals surface area contributed by atoms with Crippen molar-refractivity contribution in [2.24, 2.45) is 0 Å². The average Bonchev–Trinajstić information content (AvgIpc) is 3.64. The first kappa shape index (κ1) is 21.2. The highest BCUT2D eigenvalue weighted by molar-refractivity contribution is 7.83. The molecule has 8 nitrogen and oxygen atoms in total. The molecule has 1 saturated carbocycles. The Morgan fingerprint density at radius 2 is 1.97 bits per heavy atom. The minimum absolute atomic E-state index is 0.246. The van der Waals surface area contributed by atoms with Crippen LogP contribution in [0.2, 0.25) is 5.15 Å². The molecule has 0 spiro atoms. The van der Waals surface area contributed by atoms with Crippen molar-refractivity contribution >= 4 is 50.6 Å². The van der Waals surface area contributed by atoms with Gasteiger partial charge in [0.2, 0.25) is 0 Å². The van der Waals surface area contributed by atoms with E-state index in [-0.39, 0.29) is 5.56 Å². The van der Waals surface area contributed by atoms with Crippen LogP contribution in [0.4, 0.5) is 17.1 Å². The van der Waals surface area contributed by atoms with Crippen molar-refractivity contribution in [1.29, 1.82) is 0 Å². The Kier molecular flexibility index (Phi) is 5.79. The Hall–Kier alpha value is -2.62. The van der Waals surface area contributed by atoms with Gasteiger partial charge in [-0.1, -0.05) is 17.7 Å². The molecule has 1 atom stereocenters. The van der Waals surface area contributed by atoms with Gasteiger partial charge in [0, 0.05) is 37.6 Å². The number of rotatable bonds is 6. The number of nitrogens with one attached hydrogen (secondary N) is 2. The van der Waals surface area contributed by atoms with Crippen LogP contribution in [0.1, 0.15) is 12.8 Å². The monoisotopic (exact) mass is 473 g/mol. The molecule has 10 heteroatoms. The number of fused-ring (bicyclic) bond motifs is 1. The number of benzene rings is 1. The lowest BCUT2D eigenvalue weighted by Crippen LogP contribution is -2.47. The number of aromatic amines is 1. The number of anilines is 3. The van der Waals surface area contributed by atoms with Crippen molar-refractivity contribution < 1.29 is 8.95 Å². The van der Waals surface area contributed by atoms with Crippen LogP contribution < -0.4 is 20.5 Å². The molecule has 2 aromatic heterocycles. The summed E-state index contributed by atoms with van der Waals surface area (Å²) in [7, 11) is 0.769. The molecule has 0 amide bonds. The molecule has 2 aliphatic rings. The molecule has 1 aliphatic heterocycles. The summed E-state index contributed by atoms with van der Waals surface area (Å²) >= 11 is 6.20. The molecular weight excluding hydrogens is 450 g/mol. The molecule has 0 radical (unpaired) electrons. The predicted octanol–water partition coefficient (Wildman–Crippen LogP) is 3.28. The normalized spacial score (nSPS) is 18.0. The van der Waals surface area contributed by atoms with E-state index >= 15 is 0 Å². The highest BCUT2D eigenvalue weighted by Gasteiger charge is 2.34. The van der Waals surface area contributed by atoms with Crippen molar-refractivity contribution in [2.75, 3.05) is 43.5 Å². The molecule has 1 unspecified atom stereocenters. The quantitative estimate of drug-likeness (QED) is 0.534. The number of methoxy groups -OCH3 is 1. The Morgan fingerprint density at radius 1 is 1.19 bits per heavy atom. The van der Waals surface area contributed by atoms with Crippen molar-refractivity contribution in [3.8, 4) is 5.75 Å². The highest BCUT2D eigenvalue weighted by atomic mass is 35.5. The number of piperazine rings is 1. The van der Waals surface area contributed by atoms with E-state index in [0.29, 0.717) is 32.7 Å². The van der Waals surface area contributed by atoms with Gasteiger partial charge in [0.1, 0.15) is 5.15 Å². The van der Waals surface area contributed by atoms with Crippen molar-refractivity contribution in [3.05, 3.63) is 52.0 Å². The molecule has 0 bridgehead atoms. The van der Waals surface area contributed by atoms with Gasteiger partial charge in [0.05, 0.1) is 46.1 Å². The molecule has 32 heavy (non-hydrogen) atoms. The van der Waals surface area contributed by atoms with Gasteiger partial charge in [-0.05, 0) is 37.1 Å². The third-order valence-corrected chi connectivity index (χ3v) is 7.92. The van der Waals surface area contributed by atoms with Crippen LogP contribution in [-0.4, -0.2) is 57.0 Å². The number of ether oxygens (including phenoxy) is 1. The first-order chi connectivity index (χ1) is 15.5. The zero-order chi connectivity index (χ0) is 22.2. The van der Waals surface area contributed by atoms with Crippen molar-refractivity contribution in [1.82, 2.24) is 14.3 Å². The Balaban J connectivity index is 1.44. The van der Waals surface area contributed by atoms with Crippen molar-refractivity contribution in [3.63, 3.8) is 0 Å². The van der Waals surface area contributed by atoms with Crippen LogP contribution >= 0.6 is 11.6 Å². The molecule has 1 saturated heterocycles. The van der Waals surface area contributed by atoms with Crippen LogP contribution in [0.25, 0.3) is 10.9 Å². The average molecular weight is 474 g/mol. The summed E-state index contributed by atoms with van der Waals surface area (Å²) in [6, 6.07) is 9.22. The topological polar surface area (TPSA) is 90.6 Å². The van der Waals surface area contributed by atoms with E-state index in [1.54, 1.807) is 25.4 Å². The summed E-state index contributed by atoms with van der Waals surface area (Å²) in [6.45, 7) is 3.04. The lowest BCUT2D eigenvalue weighted by molar-refractivity contribution is 0.395. The van der Waals surface area contributed by atoms with Crippen LogP contribution in [0.5, 0.6) is 5.75 Å². The van der Waals surface area contributed by atoms with Crippen LogP contribution in [0.3, 0.4) is 0 Å². The molecule has 5 rings (SSSR count). The maximum atomic E-state index is 12.5. The minimum Gasteiger partial charge on any atom is -0.492 e. The summed E-state index contributed by atoms with van der Waals surface area (Å²) in [5.41, 5.74) is 2.50. The van der Waals surface area contributed by atoms with Crippen LogP contribution in [-0.2, 0) is 11.0 Å². The summed E-state index contributed by atoms with van der Waals surface area (Å²) in [5.74, 6) is 0.678. The smallest absolute Gasteiger partial charge is 0.259 e. The van der Waals surface area contributed by atoms with Gasteiger partial charge in [-0.3, -0.25) is 4.79 Å². The molecule has 2 fully saturated rings. The van der Waals surface area contributed by atoms with Crippen molar-refractivity contribution in [2.45, 2.75) is 18.1 Å². The summed E-state index contributed by atoms with van der Waals surface area (Å²) in [5, 5.41) is 4.40. The van der Waals surface area contributed by atoms with Gasteiger partial charge in [-0.15, -0.1) is 0 Å². The number of pyridine rings is 2. The van der Waals surface area contributed by atoms with Crippen LogP contribution in [0.15, 0.2) is 41.3 Å². The zero-order valence-corrected chi connectivity index (χ0v) is 19.2. The van der Waals surface area contributed by atoms with E-state index in [1.165, 1.54) is 0 Å². The number of hydrogen-bond donors (Lipinski definition) is 2. The van der Waals surface area contributed by atoms with Gasteiger partial charge in [0.15, 0.2) is 5.75 Å². The van der Waals surface area contributed by atoms with Gasteiger partial charge in [-0.2, -0.15) is 0 Å². The fraction of sp³-hybridized carbons (Fsp3) is 0.364. The Labute approximate surface area is 193 Å². The van der Waals surface area contributed by atoms with Gasteiger partial charge in [-0.25, -0.2) is 13.5 Å². The largest absolute Gasteiger partial charge is 0.492 e. The maximum Gasteiger partial charge on any atom is 0.259 e. The second-order valence-electron chi connectivity index (χ2n) is 7.93. The third-order valence-electron chi connectivity index (χ3n) is 5.81.